The minimum absolute atomic E-state index is 0.0592. The van der Waals surface area contributed by atoms with Gasteiger partial charge in [-0.25, -0.2) is 8.78 Å². The monoisotopic (exact) mass is 360 g/mol. The van der Waals surface area contributed by atoms with Gasteiger partial charge in [-0.15, -0.1) is 0 Å². The van der Waals surface area contributed by atoms with E-state index in [-0.39, 0.29) is 12.0 Å². The molecule has 0 saturated carbocycles. The van der Waals surface area contributed by atoms with Gasteiger partial charge in [0.2, 0.25) is 0 Å². The van der Waals surface area contributed by atoms with Crippen LogP contribution in [0.2, 0.25) is 0 Å². The molecule has 18 heavy (non-hydrogen) atoms. The molecule has 0 aliphatic rings. The lowest BCUT2D eigenvalue weighted by Gasteiger charge is -2.12. The molecule has 0 amide bonds. The van der Waals surface area contributed by atoms with Gasteiger partial charge < -0.3 is 5.11 Å². The third kappa shape index (κ3) is 3.26. The van der Waals surface area contributed by atoms with E-state index in [2.05, 4.69) is 22.6 Å². The van der Waals surface area contributed by atoms with Crippen LogP contribution in [0.4, 0.5) is 8.78 Å². The summed E-state index contributed by atoms with van der Waals surface area (Å²) in [6, 6.07) is 10.6. The number of hydrogen-bond donors (Lipinski definition) is 1. The van der Waals surface area contributed by atoms with E-state index in [4.69, 9.17) is 0 Å². The average molecular weight is 360 g/mol. The van der Waals surface area contributed by atoms with Crippen LogP contribution in [0.1, 0.15) is 17.2 Å². The second-order valence-electron chi connectivity index (χ2n) is 4.01. The van der Waals surface area contributed by atoms with Crippen LogP contribution in [0.3, 0.4) is 0 Å². The van der Waals surface area contributed by atoms with E-state index >= 15 is 0 Å². The van der Waals surface area contributed by atoms with Crippen LogP contribution in [0.25, 0.3) is 0 Å². The predicted octanol–water partition coefficient (Wildman–Crippen LogP) is 3.85. The third-order valence-electron chi connectivity index (χ3n) is 2.65. The molecule has 1 nitrogen and oxygen atoms in total. The first-order valence-corrected chi connectivity index (χ1v) is 6.51. The van der Waals surface area contributed by atoms with Crippen molar-refractivity contribution in [3.05, 3.63) is 68.8 Å². The molecule has 0 heterocycles. The summed E-state index contributed by atoms with van der Waals surface area (Å²) in [6.07, 6.45) is -0.778. The molecular weight excluding hydrogens is 349 g/mol. The van der Waals surface area contributed by atoms with Gasteiger partial charge >= 0.3 is 0 Å². The minimum Gasteiger partial charge on any atom is -0.388 e. The smallest absolute Gasteiger partial charge is 0.126 e. The topological polar surface area (TPSA) is 20.2 Å². The number of halogens is 3. The summed E-state index contributed by atoms with van der Waals surface area (Å²) in [7, 11) is 0. The van der Waals surface area contributed by atoms with Crippen LogP contribution in [0, 0.1) is 15.2 Å². The molecular formula is C14H11F2IO. The molecule has 0 aliphatic carbocycles. The standard InChI is InChI=1S/C14H11F2IO/c15-11-4-5-13(16)10(6-11)8-14(18)9-2-1-3-12(17)7-9/h1-7,14,18H,8H2. The number of rotatable bonds is 3. The Hall–Kier alpha value is -1.01. The summed E-state index contributed by atoms with van der Waals surface area (Å²) in [5.41, 5.74) is 0.881. The first kappa shape index (κ1) is 13.4. The highest BCUT2D eigenvalue weighted by atomic mass is 127. The molecule has 2 rings (SSSR count). The van der Waals surface area contributed by atoms with Gasteiger partial charge in [-0.05, 0) is 64.0 Å². The maximum absolute atomic E-state index is 13.4. The Labute approximate surface area is 118 Å². The van der Waals surface area contributed by atoms with Crippen LogP contribution in [-0.4, -0.2) is 5.11 Å². The van der Waals surface area contributed by atoms with Crippen LogP contribution < -0.4 is 0 Å². The van der Waals surface area contributed by atoms with Gasteiger partial charge in [0.15, 0.2) is 0 Å². The lowest BCUT2D eigenvalue weighted by Crippen LogP contribution is -2.04. The maximum Gasteiger partial charge on any atom is 0.126 e. The summed E-state index contributed by atoms with van der Waals surface area (Å²) in [6.45, 7) is 0. The number of hydrogen-bond acceptors (Lipinski definition) is 1. The predicted molar refractivity (Wildman–Crippen MR) is 74.2 cm³/mol. The number of benzene rings is 2. The van der Waals surface area contributed by atoms with E-state index < -0.39 is 17.7 Å². The quantitative estimate of drug-likeness (QED) is 0.825. The van der Waals surface area contributed by atoms with Crippen molar-refractivity contribution in [2.45, 2.75) is 12.5 Å². The fraction of sp³-hybridized carbons (Fsp3) is 0.143. The Morgan fingerprint density at radius 1 is 1.11 bits per heavy atom. The normalized spacial score (nSPS) is 12.4. The molecule has 4 heteroatoms. The van der Waals surface area contributed by atoms with Crippen molar-refractivity contribution in [1.82, 2.24) is 0 Å². The summed E-state index contributed by atoms with van der Waals surface area (Å²) in [5.74, 6) is -0.998. The lowest BCUT2D eigenvalue weighted by atomic mass is 10.0. The highest BCUT2D eigenvalue weighted by Gasteiger charge is 2.12. The van der Waals surface area contributed by atoms with E-state index in [0.717, 1.165) is 21.8 Å². The molecule has 0 radical (unpaired) electrons. The molecule has 2 aromatic rings. The fourth-order valence-corrected chi connectivity index (χ4v) is 2.31. The Morgan fingerprint density at radius 3 is 2.61 bits per heavy atom. The van der Waals surface area contributed by atoms with Gasteiger partial charge in [0, 0.05) is 9.99 Å². The van der Waals surface area contributed by atoms with E-state index in [1.807, 2.05) is 18.2 Å². The molecule has 0 spiro atoms. The molecule has 0 fully saturated rings. The van der Waals surface area contributed by atoms with Crippen molar-refractivity contribution in [3.63, 3.8) is 0 Å². The van der Waals surface area contributed by atoms with Crippen molar-refractivity contribution in [1.29, 1.82) is 0 Å². The van der Waals surface area contributed by atoms with E-state index in [9.17, 15) is 13.9 Å². The zero-order chi connectivity index (χ0) is 13.1. The molecule has 0 aliphatic heterocycles. The second-order valence-corrected chi connectivity index (χ2v) is 5.26. The summed E-state index contributed by atoms with van der Waals surface area (Å²) >= 11 is 2.14. The van der Waals surface area contributed by atoms with Gasteiger partial charge in [0.1, 0.15) is 11.6 Å². The van der Waals surface area contributed by atoms with Crippen LogP contribution in [-0.2, 0) is 6.42 Å². The lowest BCUT2D eigenvalue weighted by molar-refractivity contribution is 0.177. The minimum atomic E-state index is -0.837. The van der Waals surface area contributed by atoms with Gasteiger partial charge in [0.25, 0.3) is 0 Å². The Bertz CT molecular complexity index is 557. The summed E-state index contributed by atoms with van der Waals surface area (Å²) < 4.78 is 27.5. The van der Waals surface area contributed by atoms with Gasteiger partial charge in [-0.3, -0.25) is 0 Å². The number of aliphatic hydroxyl groups excluding tert-OH is 1. The molecule has 0 bridgehead atoms. The highest BCUT2D eigenvalue weighted by molar-refractivity contribution is 14.1. The third-order valence-corrected chi connectivity index (χ3v) is 3.33. The van der Waals surface area contributed by atoms with E-state index in [1.165, 1.54) is 0 Å². The summed E-state index contributed by atoms with van der Waals surface area (Å²) in [4.78, 5) is 0. The van der Waals surface area contributed by atoms with E-state index in [0.29, 0.717) is 5.56 Å². The molecule has 1 unspecified atom stereocenters. The van der Waals surface area contributed by atoms with Gasteiger partial charge in [-0.2, -0.15) is 0 Å². The van der Waals surface area contributed by atoms with Crippen molar-refractivity contribution >= 4 is 22.6 Å². The highest BCUT2D eigenvalue weighted by Crippen LogP contribution is 2.22. The van der Waals surface area contributed by atoms with Gasteiger partial charge in [-0.1, -0.05) is 12.1 Å². The SMILES string of the molecule is OC(Cc1cc(F)ccc1F)c1cccc(I)c1. The van der Waals surface area contributed by atoms with E-state index in [1.54, 1.807) is 6.07 Å². The van der Waals surface area contributed by atoms with Gasteiger partial charge in [0.05, 0.1) is 6.10 Å². The van der Waals surface area contributed by atoms with Crippen LogP contribution in [0.5, 0.6) is 0 Å². The average Bonchev–Trinajstić information content (AvgIpc) is 2.34. The van der Waals surface area contributed by atoms with Crippen molar-refractivity contribution in [2.24, 2.45) is 0 Å². The van der Waals surface area contributed by atoms with Crippen LogP contribution in [0.15, 0.2) is 42.5 Å². The van der Waals surface area contributed by atoms with Crippen molar-refractivity contribution in [2.75, 3.05) is 0 Å². The van der Waals surface area contributed by atoms with Crippen molar-refractivity contribution < 1.29 is 13.9 Å². The second kappa shape index (κ2) is 5.75. The molecule has 1 N–H and O–H groups in total. The fourth-order valence-electron chi connectivity index (χ4n) is 1.74. The summed E-state index contributed by atoms with van der Waals surface area (Å²) in [5, 5.41) is 10.0. The Morgan fingerprint density at radius 2 is 1.89 bits per heavy atom. The zero-order valence-electron chi connectivity index (χ0n) is 9.41. The largest absolute Gasteiger partial charge is 0.388 e. The Balaban J connectivity index is 2.21. The zero-order valence-corrected chi connectivity index (χ0v) is 11.6. The first-order valence-electron chi connectivity index (χ1n) is 5.44. The number of aliphatic hydroxyl groups is 1. The molecule has 94 valence electrons. The Kier molecular flexibility index (Phi) is 4.29. The molecule has 1 atom stereocenters. The first-order chi connectivity index (χ1) is 8.56. The molecule has 0 saturated heterocycles. The molecule has 2 aromatic carbocycles. The van der Waals surface area contributed by atoms with Crippen LogP contribution >= 0.6 is 22.6 Å². The van der Waals surface area contributed by atoms with Crippen molar-refractivity contribution in [3.8, 4) is 0 Å². The maximum atomic E-state index is 13.4. The molecule has 0 aromatic heterocycles.